The predicted molar refractivity (Wildman–Crippen MR) is 96.9 cm³/mol. The predicted octanol–water partition coefficient (Wildman–Crippen LogP) is 3.03. The molecule has 1 aliphatic heterocycles. The van der Waals surface area contributed by atoms with Gasteiger partial charge in [-0.3, -0.25) is 9.48 Å². The van der Waals surface area contributed by atoms with Gasteiger partial charge < -0.3 is 14.6 Å². The Bertz CT molecular complexity index is 718. The molecular formula is C18H25ClN4O2. The molecular weight excluding hydrogens is 340 g/mol. The van der Waals surface area contributed by atoms with Gasteiger partial charge in [-0.25, -0.2) is 0 Å². The van der Waals surface area contributed by atoms with Crippen molar-refractivity contribution >= 4 is 17.5 Å². The largest absolute Gasteiger partial charge is 0.459 e. The van der Waals surface area contributed by atoms with E-state index in [0.29, 0.717) is 11.8 Å². The monoisotopic (exact) mass is 364 g/mol. The molecule has 25 heavy (non-hydrogen) atoms. The highest BCUT2D eigenvalue weighted by molar-refractivity contribution is 6.31. The summed E-state index contributed by atoms with van der Waals surface area (Å²) in [4.78, 5) is 14.2. The van der Waals surface area contributed by atoms with Crippen molar-refractivity contribution in [3.63, 3.8) is 0 Å². The lowest BCUT2D eigenvalue weighted by Crippen LogP contribution is -2.48. The molecule has 1 atom stereocenters. The van der Waals surface area contributed by atoms with E-state index in [0.717, 1.165) is 48.9 Å². The van der Waals surface area contributed by atoms with Crippen molar-refractivity contribution < 1.29 is 9.21 Å². The van der Waals surface area contributed by atoms with Crippen LogP contribution in [0.15, 0.2) is 22.8 Å². The molecule has 1 aliphatic rings. The highest BCUT2D eigenvalue weighted by Gasteiger charge is 2.25. The Hall–Kier alpha value is -1.79. The van der Waals surface area contributed by atoms with E-state index in [4.69, 9.17) is 16.0 Å². The lowest BCUT2D eigenvalue weighted by Gasteiger charge is -2.33. The van der Waals surface area contributed by atoms with Crippen molar-refractivity contribution in [1.82, 2.24) is 20.0 Å². The van der Waals surface area contributed by atoms with Crippen molar-refractivity contribution in [2.45, 2.75) is 52.2 Å². The highest BCUT2D eigenvalue weighted by Crippen LogP contribution is 2.19. The fraction of sp³-hybridized carbons (Fsp3) is 0.556. The number of carbonyl (C=O) groups is 1. The minimum atomic E-state index is -0.0196. The fourth-order valence-corrected chi connectivity index (χ4v) is 3.51. The van der Waals surface area contributed by atoms with Crippen LogP contribution in [0.4, 0.5) is 0 Å². The quantitative estimate of drug-likeness (QED) is 0.885. The van der Waals surface area contributed by atoms with Gasteiger partial charge in [-0.15, -0.1) is 0 Å². The van der Waals surface area contributed by atoms with Crippen molar-refractivity contribution in [2.24, 2.45) is 0 Å². The number of amides is 1. The number of halogens is 1. The number of likely N-dealkylation sites (tertiary alicyclic amines) is 1. The van der Waals surface area contributed by atoms with E-state index in [1.807, 2.05) is 23.4 Å². The van der Waals surface area contributed by atoms with Gasteiger partial charge in [0, 0.05) is 25.2 Å². The first kappa shape index (κ1) is 18.0. The van der Waals surface area contributed by atoms with Gasteiger partial charge in [-0.05, 0) is 45.7 Å². The van der Waals surface area contributed by atoms with E-state index in [1.54, 1.807) is 12.1 Å². The number of carbonyl (C=O) groups excluding carboxylic acids is 1. The van der Waals surface area contributed by atoms with Gasteiger partial charge in [-0.2, -0.15) is 5.10 Å². The number of furan rings is 1. The van der Waals surface area contributed by atoms with E-state index < -0.39 is 0 Å². The molecule has 2 aromatic rings. The molecule has 0 radical (unpaired) electrons. The van der Waals surface area contributed by atoms with Crippen LogP contribution < -0.4 is 5.32 Å². The van der Waals surface area contributed by atoms with Gasteiger partial charge in [0.25, 0.3) is 5.91 Å². The molecule has 2 aromatic heterocycles. The zero-order chi connectivity index (χ0) is 18.0. The molecule has 1 amide bonds. The summed E-state index contributed by atoms with van der Waals surface area (Å²) in [5, 5.41) is 8.89. The smallest absolute Gasteiger partial charge is 0.289 e. The lowest BCUT2D eigenvalue weighted by molar-refractivity contribution is 0.0669. The number of nitrogens with zero attached hydrogens (tertiary/aromatic N) is 3. The maximum Gasteiger partial charge on any atom is 0.289 e. The average molecular weight is 365 g/mol. The molecule has 3 heterocycles. The second-order valence-electron chi connectivity index (χ2n) is 6.78. The van der Waals surface area contributed by atoms with Crippen LogP contribution >= 0.6 is 11.6 Å². The molecule has 0 aromatic carbocycles. The summed E-state index contributed by atoms with van der Waals surface area (Å²) in [6, 6.07) is 4.15. The normalized spacial score (nSPS) is 17.0. The zero-order valence-corrected chi connectivity index (χ0v) is 15.7. The Morgan fingerprint density at radius 1 is 1.44 bits per heavy atom. The van der Waals surface area contributed by atoms with Crippen molar-refractivity contribution in [2.75, 3.05) is 13.1 Å². The van der Waals surface area contributed by atoms with Crippen molar-refractivity contribution in [1.29, 1.82) is 0 Å². The van der Waals surface area contributed by atoms with Crippen LogP contribution in [0.5, 0.6) is 0 Å². The number of aromatic nitrogens is 2. The van der Waals surface area contributed by atoms with Crippen LogP contribution in [0.1, 0.15) is 41.7 Å². The Labute approximate surface area is 153 Å². The van der Waals surface area contributed by atoms with Crippen LogP contribution in [0.25, 0.3) is 0 Å². The molecule has 0 aliphatic carbocycles. The molecule has 1 fully saturated rings. The topological polar surface area (TPSA) is 63.3 Å². The molecule has 0 unspecified atom stereocenters. The third-order valence-corrected chi connectivity index (χ3v) is 5.32. The zero-order valence-electron chi connectivity index (χ0n) is 15.0. The van der Waals surface area contributed by atoms with Gasteiger partial charge in [0.2, 0.25) is 0 Å². The third-order valence-electron chi connectivity index (χ3n) is 4.77. The summed E-state index contributed by atoms with van der Waals surface area (Å²) >= 11 is 6.21. The number of hydrogen-bond acceptors (Lipinski definition) is 4. The van der Waals surface area contributed by atoms with Crippen molar-refractivity contribution in [3.05, 3.63) is 40.6 Å². The van der Waals surface area contributed by atoms with Crippen LogP contribution in [0, 0.1) is 13.8 Å². The lowest BCUT2D eigenvalue weighted by atomic mass is 10.0. The summed E-state index contributed by atoms with van der Waals surface area (Å²) < 4.78 is 7.16. The second kappa shape index (κ2) is 7.62. The summed E-state index contributed by atoms with van der Waals surface area (Å²) in [5.41, 5.74) is 1.88. The van der Waals surface area contributed by atoms with Gasteiger partial charge in [-0.1, -0.05) is 11.6 Å². The van der Waals surface area contributed by atoms with E-state index >= 15 is 0 Å². The number of rotatable bonds is 5. The summed E-state index contributed by atoms with van der Waals surface area (Å²) in [5.74, 6) is 0.398. The molecule has 0 saturated carbocycles. The Balaban J connectivity index is 1.48. The van der Waals surface area contributed by atoms with Crippen molar-refractivity contribution in [3.8, 4) is 0 Å². The second-order valence-corrected chi connectivity index (χ2v) is 7.16. The van der Waals surface area contributed by atoms with E-state index in [-0.39, 0.29) is 11.9 Å². The fourth-order valence-electron chi connectivity index (χ4n) is 3.37. The molecule has 7 heteroatoms. The molecule has 1 saturated heterocycles. The standard InChI is InChI=1S/C18H25ClN4O2/c1-12(11-23-14(3)17(19)13(2)21-23)20-15-6-8-22(9-7-15)18(24)16-5-4-10-25-16/h4-5,10,12,15,20H,6-9,11H2,1-3H3/t12-/m0/s1. The molecule has 0 spiro atoms. The third kappa shape index (κ3) is 4.07. The number of nitrogens with one attached hydrogen (secondary N) is 1. The average Bonchev–Trinajstić information content (AvgIpc) is 3.21. The minimum absolute atomic E-state index is 0.0196. The Morgan fingerprint density at radius 2 is 2.16 bits per heavy atom. The molecule has 3 rings (SSSR count). The highest BCUT2D eigenvalue weighted by atomic mass is 35.5. The van der Waals surface area contributed by atoms with Crippen LogP contribution in [-0.2, 0) is 6.54 Å². The van der Waals surface area contributed by atoms with E-state index in [9.17, 15) is 4.79 Å². The van der Waals surface area contributed by atoms with E-state index in [2.05, 4.69) is 17.3 Å². The molecule has 1 N–H and O–H groups in total. The molecule has 0 bridgehead atoms. The first-order chi connectivity index (χ1) is 12.0. The van der Waals surface area contributed by atoms with Crippen LogP contribution in [0.2, 0.25) is 5.02 Å². The SMILES string of the molecule is Cc1nn(C[C@H](C)NC2CCN(C(=O)c3ccco3)CC2)c(C)c1Cl. The first-order valence-corrected chi connectivity index (χ1v) is 9.12. The summed E-state index contributed by atoms with van der Waals surface area (Å²) in [6.07, 6.45) is 3.41. The summed E-state index contributed by atoms with van der Waals surface area (Å²) in [6.45, 7) is 8.35. The number of hydrogen-bond donors (Lipinski definition) is 1. The minimum Gasteiger partial charge on any atom is -0.459 e. The first-order valence-electron chi connectivity index (χ1n) is 8.74. The van der Waals surface area contributed by atoms with Crippen LogP contribution in [-0.4, -0.2) is 45.8 Å². The van der Waals surface area contributed by atoms with Gasteiger partial charge in [0.15, 0.2) is 5.76 Å². The number of piperidine rings is 1. The van der Waals surface area contributed by atoms with Gasteiger partial charge >= 0.3 is 0 Å². The maximum atomic E-state index is 12.3. The van der Waals surface area contributed by atoms with Gasteiger partial charge in [0.05, 0.1) is 29.2 Å². The maximum absolute atomic E-state index is 12.3. The number of aryl methyl sites for hydroxylation is 1. The summed E-state index contributed by atoms with van der Waals surface area (Å²) in [7, 11) is 0. The Morgan fingerprint density at radius 3 is 2.72 bits per heavy atom. The molecule has 136 valence electrons. The Kier molecular flexibility index (Phi) is 5.49. The molecule has 6 nitrogen and oxygen atoms in total. The van der Waals surface area contributed by atoms with Crippen LogP contribution in [0.3, 0.4) is 0 Å². The van der Waals surface area contributed by atoms with E-state index in [1.165, 1.54) is 6.26 Å². The van der Waals surface area contributed by atoms with Gasteiger partial charge in [0.1, 0.15) is 0 Å².